The number of halogens is 1. The van der Waals surface area contributed by atoms with E-state index in [0.717, 1.165) is 11.9 Å². The molecule has 0 unspecified atom stereocenters. The zero-order valence-corrected chi connectivity index (χ0v) is 15.3. The molecular formula is C15H21ClN4O3S. The molecule has 0 saturated carbocycles. The smallest absolute Gasteiger partial charge is 0.219 e. The van der Waals surface area contributed by atoms with E-state index in [9.17, 15) is 13.2 Å². The Hall–Kier alpha value is -1.80. The second-order valence-corrected chi connectivity index (χ2v) is 7.94. The minimum Gasteiger partial charge on any atom is -0.386 e. The van der Waals surface area contributed by atoms with Crippen molar-refractivity contribution in [2.45, 2.75) is 11.8 Å². The van der Waals surface area contributed by atoms with Crippen LogP contribution in [0.5, 0.6) is 0 Å². The highest BCUT2D eigenvalue weighted by atomic mass is 35.5. The maximum atomic E-state index is 11.8. The largest absolute Gasteiger partial charge is 0.386 e. The summed E-state index contributed by atoms with van der Waals surface area (Å²) in [6.07, 6.45) is 1.14. The van der Waals surface area contributed by atoms with Crippen LogP contribution in [0.1, 0.15) is 6.92 Å². The van der Waals surface area contributed by atoms with Gasteiger partial charge in [0.25, 0.3) is 0 Å². The molecule has 1 aromatic carbocycles. The Kier molecular flexibility index (Phi) is 5.71. The first-order chi connectivity index (χ1) is 11.2. The Morgan fingerprint density at radius 1 is 1.29 bits per heavy atom. The molecule has 0 bridgehead atoms. The number of carbonyl (C=O) groups excluding carboxylic acids is 1. The summed E-state index contributed by atoms with van der Waals surface area (Å²) in [6, 6.07) is 4.78. The van der Waals surface area contributed by atoms with Crippen LogP contribution in [0.25, 0.3) is 0 Å². The summed E-state index contributed by atoms with van der Waals surface area (Å²) in [6.45, 7) is 4.05. The van der Waals surface area contributed by atoms with Gasteiger partial charge in [0.05, 0.1) is 22.2 Å². The second-order valence-electron chi connectivity index (χ2n) is 5.65. The summed E-state index contributed by atoms with van der Waals surface area (Å²) in [7, 11) is -3.35. The zero-order valence-electron chi connectivity index (χ0n) is 13.7. The third-order valence-corrected chi connectivity index (χ3v) is 5.23. The summed E-state index contributed by atoms with van der Waals surface area (Å²) in [4.78, 5) is 19.7. The monoisotopic (exact) mass is 372 g/mol. The highest BCUT2D eigenvalue weighted by Gasteiger charge is 2.21. The van der Waals surface area contributed by atoms with Crippen molar-refractivity contribution in [2.75, 3.05) is 43.2 Å². The topological polar surface area (TPSA) is 96.1 Å². The van der Waals surface area contributed by atoms with E-state index in [1.807, 2.05) is 0 Å². The SMILES string of the molecule is CC(=O)N1CCN(c2ccc(S(C)(=O)=O)cc2N=C(N)CCl)CC1. The summed E-state index contributed by atoms with van der Waals surface area (Å²) in [5, 5.41) is 0. The fraction of sp³-hybridized carbons (Fsp3) is 0.467. The zero-order chi connectivity index (χ0) is 17.9. The first-order valence-electron chi connectivity index (χ1n) is 7.46. The molecule has 2 rings (SSSR count). The van der Waals surface area contributed by atoms with Gasteiger partial charge in [-0.25, -0.2) is 13.4 Å². The van der Waals surface area contributed by atoms with E-state index in [2.05, 4.69) is 9.89 Å². The molecule has 132 valence electrons. The molecule has 1 aliphatic heterocycles. The molecule has 1 heterocycles. The van der Waals surface area contributed by atoms with Gasteiger partial charge in [0.2, 0.25) is 5.91 Å². The average Bonchev–Trinajstić information content (AvgIpc) is 2.54. The predicted molar refractivity (Wildman–Crippen MR) is 96.0 cm³/mol. The molecular weight excluding hydrogens is 352 g/mol. The predicted octanol–water partition coefficient (Wildman–Crippen LogP) is 0.986. The molecule has 0 atom stereocenters. The number of rotatable bonds is 4. The number of anilines is 1. The van der Waals surface area contributed by atoms with Gasteiger partial charge in [0.15, 0.2) is 9.84 Å². The standard InChI is InChI=1S/C15H21ClN4O3S/c1-11(21)19-5-7-20(8-6-19)14-4-3-12(24(2,22)23)9-13(14)18-15(17)10-16/h3-4,9H,5-8,10H2,1-2H3,(H2,17,18). The lowest BCUT2D eigenvalue weighted by molar-refractivity contribution is -0.129. The molecule has 7 nitrogen and oxygen atoms in total. The third-order valence-electron chi connectivity index (χ3n) is 3.84. The van der Waals surface area contributed by atoms with E-state index < -0.39 is 9.84 Å². The van der Waals surface area contributed by atoms with Crippen molar-refractivity contribution >= 4 is 44.6 Å². The molecule has 1 amide bonds. The molecule has 0 aliphatic carbocycles. The number of carbonyl (C=O) groups is 1. The van der Waals surface area contributed by atoms with Crippen LogP contribution in [0, 0.1) is 0 Å². The number of piperazine rings is 1. The van der Waals surface area contributed by atoms with Crippen LogP contribution in [0.3, 0.4) is 0 Å². The van der Waals surface area contributed by atoms with Crippen molar-refractivity contribution in [3.8, 4) is 0 Å². The number of aliphatic imine (C=N–C) groups is 1. The quantitative estimate of drug-likeness (QED) is 0.483. The van der Waals surface area contributed by atoms with Crippen molar-refractivity contribution < 1.29 is 13.2 Å². The fourth-order valence-corrected chi connectivity index (χ4v) is 3.24. The Morgan fingerprint density at radius 3 is 2.42 bits per heavy atom. The van der Waals surface area contributed by atoms with Gasteiger partial charge in [-0.05, 0) is 18.2 Å². The van der Waals surface area contributed by atoms with Crippen LogP contribution in [-0.2, 0) is 14.6 Å². The summed E-state index contributed by atoms with van der Waals surface area (Å²) in [5.74, 6) is 0.318. The molecule has 1 aromatic rings. The lowest BCUT2D eigenvalue weighted by atomic mass is 10.2. The van der Waals surface area contributed by atoms with Gasteiger partial charge in [0.1, 0.15) is 5.84 Å². The molecule has 1 fully saturated rings. The van der Waals surface area contributed by atoms with Crippen molar-refractivity contribution in [1.82, 2.24) is 4.90 Å². The number of benzene rings is 1. The van der Waals surface area contributed by atoms with Gasteiger partial charge in [-0.2, -0.15) is 0 Å². The number of alkyl halides is 1. The normalized spacial score (nSPS) is 16.4. The molecule has 0 radical (unpaired) electrons. The molecule has 0 spiro atoms. The minimum atomic E-state index is -3.35. The number of hydrogen-bond donors (Lipinski definition) is 1. The first-order valence-corrected chi connectivity index (χ1v) is 9.88. The molecule has 2 N–H and O–H groups in total. The van der Waals surface area contributed by atoms with Crippen molar-refractivity contribution in [2.24, 2.45) is 10.7 Å². The van der Waals surface area contributed by atoms with Gasteiger partial charge >= 0.3 is 0 Å². The maximum absolute atomic E-state index is 11.8. The van der Waals surface area contributed by atoms with Crippen LogP contribution in [0.2, 0.25) is 0 Å². The van der Waals surface area contributed by atoms with E-state index in [1.165, 1.54) is 6.07 Å². The van der Waals surface area contributed by atoms with Crippen LogP contribution in [-0.4, -0.2) is 63.4 Å². The van der Waals surface area contributed by atoms with Gasteiger partial charge in [0, 0.05) is 39.4 Å². The average molecular weight is 373 g/mol. The van der Waals surface area contributed by atoms with E-state index in [-0.39, 0.29) is 22.5 Å². The van der Waals surface area contributed by atoms with Crippen molar-refractivity contribution in [3.05, 3.63) is 18.2 Å². The molecule has 9 heteroatoms. The lowest BCUT2D eigenvalue weighted by Crippen LogP contribution is -2.48. The molecule has 0 aromatic heterocycles. The Bertz CT molecular complexity index is 756. The van der Waals surface area contributed by atoms with Crippen LogP contribution in [0.4, 0.5) is 11.4 Å². The van der Waals surface area contributed by atoms with Gasteiger partial charge in [-0.1, -0.05) is 0 Å². The molecule has 24 heavy (non-hydrogen) atoms. The van der Waals surface area contributed by atoms with Crippen molar-refractivity contribution in [1.29, 1.82) is 0 Å². The fourth-order valence-electron chi connectivity index (χ4n) is 2.54. The number of amides is 1. The third kappa shape index (κ3) is 4.39. The van der Waals surface area contributed by atoms with E-state index in [0.29, 0.717) is 31.9 Å². The Morgan fingerprint density at radius 2 is 1.92 bits per heavy atom. The van der Waals surface area contributed by atoms with E-state index >= 15 is 0 Å². The second kappa shape index (κ2) is 7.40. The molecule has 1 saturated heterocycles. The summed E-state index contributed by atoms with van der Waals surface area (Å²) >= 11 is 5.69. The number of sulfone groups is 1. The highest BCUT2D eigenvalue weighted by molar-refractivity contribution is 7.90. The maximum Gasteiger partial charge on any atom is 0.219 e. The number of hydrogen-bond acceptors (Lipinski definition) is 5. The van der Waals surface area contributed by atoms with Crippen LogP contribution in [0.15, 0.2) is 28.1 Å². The highest BCUT2D eigenvalue weighted by Crippen LogP contribution is 2.32. The van der Waals surface area contributed by atoms with E-state index in [4.69, 9.17) is 17.3 Å². The molecule has 1 aliphatic rings. The van der Waals surface area contributed by atoms with Gasteiger partial charge in [-0.3, -0.25) is 4.79 Å². The Balaban J connectivity index is 2.37. The Labute approximate surface area is 147 Å². The van der Waals surface area contributed by atoms with Gasteiger partial charge < -0.3 is 15.5 Å². The summed E-state index contributed by atoms with van der Waals surface area (Å²) in [5.41, 5.74) is 6.96. The summed E-state index contributed by atoms with van der Waals surface area (Å²) < 4.78 is 23.6. The van der Waals surface area contributed by atoms with Crippen LogP contribution >= 0.6 is 11.6 Å². The minimum absolute atomic E-state index is 0.0479. The number of nitrogens with two attached hydrogens (primary N) is 1. The van der Waals surface area contributed by atoms with Gasteiger partial charge in [-0.15, -0.1) is 11.6 Å². The number of amidine groups is 1. The first kappa shape index (κ1) is 18.5. The number of nitrogens with zero attached hydrogens (tertiary/aromatic N) is 3. The van der Waals surface area contributed by atoms with Crippen molar-refractivity contribution in [3.63, 3.8) is 0 Å². The van der Waals surface area contributed by atoms with Crippen LogP contribution < -0.4 is 10.6 Å². The lowest BCUT2D eigenvalue weighted by Gasteiger charge is -2.36. The van der Waals surface area contributed by atoms with E-state index in [1.54, 1.807) is 24.0 Å².